The monoisotopic (exact) mass is 324 g/mol. The lowest BCUT2D eigenvalue weighted by Crippen LogP contribution is -2.50. The van der Waals surface area contributed by atoms with Gasteiger partial charge in [0.15, 0.2) is 0 Å². The zero-order chi connectivity index (χ0) is 15.8. The van der Waals surface area contributed by atoms with Gasteiger partial charge in [-0.25, -0.2) is 4.79 Å². The number of piperidine rings is 1. The maximum Gasteiger partial charge on any atom is 0.340 e. The van der Waals surface area contributed by atoms with Gasteiger partial charge in [0.25, 0.3) is 0 Å². The van der Waals surface area contributed by atoms with Crippen molar-refractivity contribution in [1.29, 1.82) is 0 Å². The van der Waals surface area contributed by atoms with Crippen LogP contribution in [0.2, 0.25) is 0 Å². The summed E-state index contributed by atoms with van der Waals surface area (Å²) in [5.74, 6) is 0.184. The predicted octanol–water partition coefficient (Wildman–Crippen LogP) is 2.58. The highest BCUT2D eigenvalue weighted by atomic mass is 35.5. The molecule has 0 aliphatic carbocycles. The van der Waals surface area contributed by atoms with E-state index >= 15 is 0 Å². The Kier molecular flexibility index (Phi) is 6.61. The van der Waals surface area contributed by atoms with E-state index in [9.17, 15) is 9.70 Å². The van der Waals surface area contributed by atoms with Crippen LogP contribution in [0.1, 0.15) is 18.4 Å². The zero-order valence-electron chi connectivity index (χ0n) is 12.4. The number of alkyl halides is 1. The van der Waals surface area contributed by atoms with Gasteiger partial charge in [0.1, 0.15) is 0 Å². The van der Waals surface area contributed by atoms with Crippen molar-refractivity contribution >= 4 is 17.6 Å². The lowest BCUT2D eigenvalue weighted by molar-refractivity contribution is 0.165. The van der Waals surface area contributed by atoms with Crippen LogP contribution in [-0.2, 0) is 6.54 Å². The first-order valence-corrected chi connectivity index (χ1v) is 8.00. The number of benzene rings is 1. The van der Waals surface area contributed by atoms with Crippen molar-refractivity contribution in [3.63, 3.8) is 0 Å². The Morgan fingerprint density at radius 3 is 2.86 bits per heavy atom. The van der Waals surface area contributed by atoms with Crippen LogP contribution in [0.4, 0.5) is 4.79 Å². The van der Waals surface area contributed by atoms with E-state index in [4.69, 9.17) is 11.6 Å². The minimum atomic E-state index is -0.470. The quantitative estimate of drug-likeness (QED) is 0.497. The molecule has 6 nitrogen and oxygen atoms in total. The third-order valence-corrected chi connectivity index (χ3v) is 3.88. The molecular weight excluding hydrogens is 304 g/mol. The van der Waals surface area contributed by atoms with Gasteiger partial charge in [0.05, 0.1) is 11.8 Å². The normalized spacial score (nSPS) is 18.7. The van der Waals surface area contributed by atoms with Crippen LogP contribution < -0.4 is 5.32 Å². The Morgan fingerprint density at radius 1 is 1.41 bits per heavy atom. The summed E-state index contributed by atoms with van der Waals surface area (Å²) >= 11 is 5.55. The number of amides is 2. The van der Waals surface area contributed by atoms with Gasteiger partial charge in [-0.3, -0.25) is 4.90 Å². The molecule has 1 aliphatic heterocycles. The minimum Gasteiger partial charge on any atom is -0.332 e. The lowest BCUT2D eigenvalue weighted by Gasteiger charge is -2.33. The van der Waals surface area contributed by atoms with E-state index in [1.165, 1.54) is 5.56 Å². The van der Waals surface area contributed by atoms with Crippen LogP contribution in [0.3, 0.4) is 0 Å². The van der Waals surface area contributed by atoms with Crippen LogP contribution in [0.5, 0.6) is 0 Å². The van der Waals surface area contributed by atoms with Gasteiger partial charge in [0, 0.05) is 25.0 Å². The van der Waals surface area contributed by atoms with Gasteiger partial charge in [-0.15, -0.1) is 16.5 Å². The second-order valence-corrected chi connectivity index (χ2v) is 5.78. The van der Waals surface area contributed by atoms with E-state index < -0.39 is 6.03 Å². The van der Waals surface area contributed by atoms with E-state index in [1.807, 2.05) is 18.2 Å². The van der Waals surface area contributed by atoms with Gasteiger partial charge in [-0.2, -0.15) is 5.01 Å². The van der Waals surface area contributed by atoms with Gasteiger partial charge >= 0.3 is 6.03 Å². The van der Waals surface area contributed by atoms with Crippen LogP contribution >= 0.6 is 11.6 Å². The number of likely N-dealkylation sites (tertiary alicyclic amines) is 1. The molecule has 1 N–H and O–H groups in total. The Balaban J connectivity index is 1.85. The number of hydrogen-bond donors (Lipinski definition) is 1. The van der Waals surface area contributed by atoms with E-state index in [2.05, 4.69) is 27.6 Å². The molecule has 1 aliphatic rings. The molecule has 0 saturated carbocycles. The highest BCUT2D eigenvalue weighted by molar-refractivity contribution is 6.18. The van der Waals surface area contributed by atoms with Crippen molar-refractivity contribution in [3.8, 4) is 0 Å². The average molecular weight is 325 g/mol. The topological polar surface area (TPSA) is 65.0 Å². The first-order chi connectivity index (χ1) is 10.7. The van der Waals surface area contributed by atoms with Gasteiger partial charge in [-0.1, -0.05) is 30.3 Å². The van der Waals surface area contributed by atoms with Crippen molar-refractivity contribution < 1.29 is 4.79 Å². The maximum absolute atomic E-state index is 11.9. The smallest absolute Gasteiger partial charge is 0.332 e. The summed E-state index contributed by atoms with van der Waals surface area (Å²) in [5.41, 5.74) is 1.26. The zero-order valence-corrected chi connectivity index (χ0v) is 13.2. The molecule has 0 radical (unpaired) electrons. The summed E-state index contributed by atoms with van der Waals surface area (Å²) in [6.07, 6.45) is 1.92. The average Bonchev–Trinajstić information content (AvgIpc) is 2.53. The Morgan fingerprint density at radius 2 is 2.18 bits per heavy atom. The summed E-state index contributed by atoms with van der Waals surface area (Å²) in [6.45, 7) is 2.77. The van der Waals surface area contributed by atoms with Crippen molar-refractivity contribution in [2.45, 2.75) is 25.4 Å². The number of carbonyl (C=O) groups is 1. The number of carbonyl (C=O) groups excluding carboxylic acids is 1. The molecular formula is C15H21ClN4O2. The highest BCUT2D eigenvalue weighted by Gasteiger charge is 2.23. The molecule has 0 bridgehead atoms. The number of halogens is 1. The van der Waals surface area contributed by atoms with Gasteiger partial charge < -0.3 is 5.32 Å². The maximum atomic E-state index is 11.9. The van der Waals surface area contributed by atoms with Crippen LogP contribution in [-0.4, -0.2) is 47.5 Å². The molecule has 120 valence electrons. The van der Waals surface area contributed by atoms with Crippen molar-refractivity contribution in [2.75, 3.05) is 25.5 Å². The molecule has 1 atom stereocenters. The standard InChI is InChI=1S/C15H21ClN4O2/c16-8-10-20(18-22)15(21)17-14-7-4-9-19(12-14)11-13-5-2-1-3-6-13/h1-3,5-6,14H,4,7-12H2,(H,17,21). The summed E-state index contributed by atoms with van der Waals surface area (Å²) in [5, 5.41) is 6.40. The largest absolute Gasteiger partial charge is 0.340 e. The summed E-state index contributed by atoms with van der Waals surface area (Å²) in [7, 11) is 0. The fourth-order valence-corrected chi connectivity index (χ4v) is 2.83. The number of nitroso groups, excluding NO2 is 1. The lowest BCUT2D eigenvalue weighted by atomic mass is 10.0. The molecule has 2 amide bonds. The second-order valence-electron chi connectivity index (χ2n) is 5.40. The second kappa shape index (κ2) is 8.70. The van der Waals surface area contributed by atoms with E-state index in [1.54, 1.807) is 0 Å². The first-order valence-electron chi connectivity index (χ1n) is 7.46. The number of urea groups is 1. The van der Waals surface area contributed by atoms with Crippen molar-refractivity contribution in [2.24, 2.45) is 5.29 Å². The molecule has 7 heteroatoms. The molecule has 1 saturated heterocycles. The molecule has 1 aromatic carbocycles. The summed E-state index contributed by atoms with van der Waals surface area (Å²) < 4.78 is 0. The van der Waals surface area contributed by atoms with Gasteiger partial charge in [0.2, 0.25) is 0 Å². The van der Waals surface area contributed by atoms with E-state index in [0.29, 0.717) is 0 Å². The highest BCUT2D eigenvalue weighted by Crippen LogP contribution is 2.14. The van der Waals surface area contributed by atoms with Crippen molar-refractivity contribution in [3.05, 3.63) is 40.8 Å². The Hall–Kier alpha value is -1.66. The third kappa shape index (κ3) is 4.96. The first kappa shape index (κ1) is 16.7. The Bertz CT molecular complexity index is 486. The Labute approximate surface area is 135 Å². The summed E-state index contributed by atoms with van der Waals surface area (Å²) in [4.78, 5) is 24.9. The fraction of sp³-hybridized carbons (Fsp3) is 0.533. The number of nitrogens with zero attached hydrogens (tertiary/aromatic N) is 3. The minimum absolute atomic E-state index is 0.0320. The third-order valence-electron chi connectivity index (χ3n) is 3.71. The van der Waals surface area contributed by atoms with Crippen molar-refractivity contribution in [1.82, 2.24) is 15.2 Å². The van der Waals surface area contributed by atoms with Crippen LogP contribution in [0, 0.1) is 4.91 Å². The summed E-state index contributed by atoms with van der Waals surface area (Å²) in [6, 6.07) is 9.81. The molecule has 0 aromatic heterocycles. The fourth-order valence-electron chi connectivity index (χ4n) is 2.67. The van der Waals surface area contributed by atoms with E-state index in [-0.39, 0.29) is 18.5 Å². The molecule has 2 rings (SSSR count). The predicted molar refractivity (Wildman–Crippen MR) is 86.5 cm³/mol. The molecule has 1 aromatic rings. The van der Waals surface area contributed by atoms with Crippen LogP contribution in [0.25, 0.3) is 0 Å². The number of hydrogen-bond acceptors (Lipinski definition) is 4. The molecule has 0 spiro atoms. The SMILES string of the molecule is O=NN(CCCl)C(=O)NC1CCCN(Cc2ccccc2)C1. The molecule has 22 heavy (non-hydrogen) atoms. The van der Waals surface area contributed by atoms with Gasteiger partial charge in [-0.05, 0) is 24.9 Å². The van der Waals surface area contributed by atoms with E-state index in [0.717, 1.165) is 37.5 Å². The molecule has 1 heterocycles. The molecule has 1 unspecified atom stereocenters. The number of rotatable bonds is 6. The van der Waals surface area contributed by atoms with Crippen LogP contribution in [0.15, 0.2) is 35.6 Å². The molecule has 1 fully saturated rings. The number of nitrogens with one attached hydrogen (secondary N) is 1.